The van der Waals surface area contributed by atoms with Gasteiger partial charge in [0.25, 0.3) is 0 Å². The number of aliphatic hydroxyl groups is 1. The monoisotopic (exact) mass is 1100 g/mol. The van der Waals surface area contributed by atoms with E-state index in [4.69, 9.17) is 21.3 Å². The number of aromatic hydroxyl groups is 1. The Balaban J connectivity index is 0.810. The fraction of sp³-hybridized carbons (Fsp3) is 0.441. The lowest BCUT2D eigenvalue weighted by Gasteiger charge is -2.36. The van der Waals surface area contributed by atoms with Gasteiger partial charge in [0.2, 0.25) is 23.6 Å². The molecule has 3 aliphatic heterocycles. The van der Waals surface area contributed by atoms with Crippen LogP contribution in [-0.4, -0.2) is 140 Å². The number of benzene rings is 4. The van der Waals surface area contributed by atoms with Gasteiger partial charge in [-0.3, -0.25) is 24.1 Å². The van der Waals surface area contributed by atoms with Crippen LogP contribution in [-0.2, 0) is 19.2 Å². The van der Waals surface area contributed by atoms with E-state index >= 15 is 4.39 Å². The number of rotatable bonds is 16. The Labute approximate surface area is 463 Å². The van der Waals surface area contributed by atoms with Gasteiger partial charge in [-0.25, -0.2) is 9.37 Å². The average Bonchev–Trinajstić information content (AvgIpc) is 4.17. The molecule has 0 aliphatic carbocycles. The van der Waals surface area contributed by atoms with E-state index in [9.17, 15) is 29.4 Å². The van der Waals surface area contributed by atoms with Crippen molar-refractivity contribution in [1.29, 1.82) is 0 Å². The number of hydrogen-bond acceptors (Lipinski definition) is 13. The number of halogens is 2. The molecular weight excluding hydrogens is 1030 g/mol. The normalized spacial score (nSPS) is 18.7. The van der Waals surface area contributed by atoms with Crippen molar-refractivity contribution in [3.8, 4) is 33.3 Å². The molecule has 412 valence electrons. The summed E-state index contributed by atoms with van der Waals surface area (Å²) >= 11 is 8.52. The topological polar surface area (TPSA) is 194 Å². The zero-order valence-electron chi connectivity index (χ0n) is 45.1. The largest absolute Gasteiger partial charge is 0.508 e. The molecule has 5 atom stereocenters. The van der Waals surface area contributed by atoms with E-state index in [0.717, 1.165) is 53.0 Å². The third-order valence-corrected chi connectivity index (χ3v) is 16.7. The molecule has 3 aliphatic rings. The van der Waals surface area contributed by atoms with Gasteiger partial charge in [-0.15, -0.1) is 11.3 Å². The number of likely N-dealkylation sites (tertiary alicyclic amines) is 2. The van der Waals surface area contributed by atoms with Crippen molar-refractivity contribution in [2.75, 3.05) is 57.3 Å². The molecule has 0 radical (unpaired) electrons. The number of aliphatic hydroxyl groups excluding tert-OH is 1. The third-order valence-electron chi connectivity index (χ3n) is 15.4. The summed E-state index contributed by atoms with van der Waals surface area (Å²) in [6.07, 6.45) is 2.63. The summed E-state index contributed by atoms with van der Waals surface area (Å²) in [5.41, 5.74) is 4.55. The molecule has 0 unspecified atom stereocenters. The second kappa shape index (κ2) is 23.7. The van der Waals surface area contributed by atoms with E-state index in [2.05, 4.69) is 32.1 Å². The van der Waals surface area contributed by atoms with Crippen LogP contribution in [0.1, 0.15) is 84.0 Å². The van der Waals surface area contributed by atoms with E-state index < -0.39 is 41.4 Å². The standard InChI is InChI=1S/C59H69ClFN9O7S/c1-8-49(74)68-23-25-69(26-24-68)55-45-30-46(60)50(44-28-41(71)27-40-11-9-10-12-43(40)44)51(61)52(45)65-58(66-55)77-34(2)31-67-21-19-37(20-22-67)13-18-48(73)64-54(59(5,6)7)57(76)70-32-42(72)29-47(70)56(75)63-35(3)38-14-16-39(17-15-38)53-36(4)62-33-78-53/h8-12,14-17,27-28,30,33-35,37,42,47,54,71-72H,1,13,18-26,29,31-32H2,2-7H3,(H,63,75)(H,64,73)/t34-,35+,42-,47+,54-/m1/s1. The number of fused-ring (bicyclic) bond motifs is 2. The molecule has 2 aromatic heterocycles. The lowest BCUT2D eigenvalue weighted by Crippen LogP contribution is -2.57. The first kappa shape index (κ1) is 56.0. The van der Waals surface area contributed by atoms with Crippen LogP contribution < -0.4 is 20.3 Å². The Morgan fingerprint density at radius 1 is 0.962 bits per heavy atom. The van der Waals surface area contributed by atoms with Gasteiger partial charge >= 0.3 is 6.01 Å². The SMILES string of the molecule is C=CC(=O)N1CCN(c2nc(O[C@H](C)CN3CCC(CCC(=O)N[C@H](C(=O)N4C[C@H](O)C[C@H]4C(=O)N[C@@H](C)c4ccc(-c5scnc5C)cc4)C(C)(C)C)CC3)nc3c(F)c(-c4cc(O)cc5ccccc45)c(Cl)cc23)CC1. The number of ether oxygens (including phenoxy) is 1. The lowest BCUT2D eigenvalue weighted by atomic mass is 9.85. The summed E-state index contributed by atoms with van der Waals surface area (Å²) in [5, 5.41) is 29.5. The smallest absolute Gasteiger partial charge is 0.319 e. The maximum absolute atomic E-state index is 17.2. The molecule has 4 N–H and O–H groups in total. The molecule has 16 nitrogen and oxygen atoms in total. The number of thiazole rings is 1. The third kappa shape index (κ3) is 12.4. The molecule has 9 rings (SSSR count). The molecule has 78 heavy (non-hydrogen) atoms. The number of piperidine rings is 1. The van der Waals surface area contributed by atoms with Gasteiger partial charge in [0.15, 0.2) is 5.82 Å². The van der Waals surface area contributed by atoms with Crippen LogP contribution in [0.15, 0.2) is 84.9 Å². The number of phenols is 1. The molecule has 5 heterocycles. The first-order valence-corrected chi connectivity index (χ1v) is 28.1. The number of piperazine rings is 1. The van der Waals surface area contributed by atoms with Gasteiger partial charge < -0.3 is 40.3 Å². The summed E-state index contributed by atoms with van der Waals surface area (Å²) < 4.78 is 23.6. The Hall–Kier alpha value is -6.73. The number of anilines is 1. The second-order valence-corrected chi connectivity index (χ2v) is 23.4. The fourth-order valence-corrected chi connectivity index (χ4v) is 12.2. The van der Waals surface area contributed by atoms with Crippen LogP contribution in [0, 0.1) is 24.1 Å². The molecule has 3 fully saturated rings. The average molecular weight is 1100 g/mol. The fourth-order valence-electron chi connectivity index (χ4n) is 11.1. The molecule has 19 heteroatoms. The van der Waals surface area contributed by atoms with E-state index in [0.29, 0.717) is 61.3 Å². The number of carbonyl (C=O) groups is 4. The summed E-state index contributed by atoms with van der Waals surface area (Å²) in [5.74, 6) is -1.21. The van der Waals surface area contributed by atoms with Crippen molar-refractivity contribution in [2.45, 2.75) is 104 Å². The highest BCUT2D eigenvalue weighted by atomic mass is 35.5. The first-order chi connectivity index (χ1) is 37.3. The van der Waals surface area contributed by atoms with Crippen molar-refractivity contribution >= 4 is 74.1 Å². The quantitative estimate of drug-likeness (QED) is 0.0674. The van der Waals surface area contributed by atoms with Gasteiger partial charge in [0.05, 0.1) is 33.3 Å². The molecular formula is C59H69ClFN9O7S. The van der Waals surface area contributed by atoms with Gasteiger partial charge in [-0.05, 0) is 116 Å². The number of phenolic OH excluding ortho intramolecular Hbond substituents is 1. The van der Waals surface area contributed by atoms with Crippen LogP contribution in [0.5, 0.6) is 11.8 Å². The van der Waals surface area contributed by atoms with Gasteiger partial charge in [0, 0.05) is 63.1 Å². The number of nitrogens with one attached hydrogen (secondary N) is 2. The number of aromatic nitrogens is 3. The van der Waals surface area contributed by atoms with Crippen LogP contribution in [0.25, 0.3) is 43.2 Å². The Kier molecular flexibility index (Phi) is 17.0. The Bertz CT molecular complexity index is 3210. The van der Waals surface area contributed by atoms with Crippen LogP contribution in [0.2, 0.25) is 5.02 Å². The minimum absolute atomic E-state index is 0.00914. The van der Waals surface area contributed by atoms with Crippen molar-refractivity contribution in [3.05, 3.63) is 107 Å². The summed E-state index contributed by atoms with van der Waals surface area (Å²) in [6, 6.07) is 17.9. The van der Waals surface area contributed by atoms with Crippen molar-refractivity contribution in [3.63, 3.8) is 0 Å². The van der Waals surface area contributed by atoms with E-state index in [-0.39, 0.29) is 76.9 Å². The zero-order valence-corrected chi connectivity index (χ0v) is 46.7. The number of nitrogens with zero attached hydrogens (tertiary/aromatic N) is 7. The Morgan fingerprint density at radius 2 is 1.68 bits per heavy atom. The Morgan fingerprint density at radius 3 is 2.36 bits per heavy atom. The number of aryl methyl sites for hydroxylation is 1. The van der Waals surface area contributed by atoms with E-state index in [1.165, 1.54) is 17.0 Å². The minimum Gasteiger partial charge on any atom is -0.508 e. The number of β-amino-alcohol motifs (C(OH)–C–C–N with tert-alkyl or cyclic N) is 1. The number of amides is 4. The first-order valence-electron chi connectivity index (χ1n) is 26.8. The van der Waals surface area contributed by atoms with Crippen molar-refractivity contribution in [2.24, 2.45) is 11.3 Å². The summed E-state index contributed by atoms with van der Waals surface area (Å²) in [4.78, 5) is 76.7. The maximum Gasteiger partial charge on any atom is 0.319 e. The molecule has 4 amide bonds. The van der Waals surface area contributed by atoms with Gasteiger partial charge in [-0.1, -0.05) is 87.5 Å². The van der Waals surface area contributed by atoms with E-state index in [1.54, 1.807) is 28.4 Å². The molecule has 6 aromatic rings. The highest BCUT2D eigenvalue weighted by molar-refractivity contribution is 7.13. The van der Waals surface area contributed by atoms with E-state index in [1.807, 2.05) is 100 Å². The summed E-state index contributed by atoms with van der Waals surface area (Å²) in [6.45, 7) is 18.7. The molecule has 0 spiro atoms. The van der Waals surface area contributed by atoms with Crippen LogP contribution in [0.3, 0.4) is 0 Å². The number of hydrogen-bond donors (Lipinski definition) is 4. The van der Waals surface area contributed by atoms with Crippen molar-refractivity contribution in [1.82, 2.24) is 40.3 Å². The molecule has 4 aromatic carbocycles. The predicted molar refractivity (Wildman–Crippen MR) is 303 cm³/mol. The highest BCUT2D eigenvalue weighted by Crippen LogP contribution is 2.43. The van der Waals surface area contributed by atoms with Crippen molar-refractivity contribution < 1.29 is 38.5 Å². The van der Waals surface area contributed by atoms with Crippen LogP contribution in [0.4, 0.5) is 10.2 Å². The molecule has 0 bridgehead atoms. The lowest BCUT2D eigenvalue weighted by molar-refractivity contribution is -0.144. The van der Waals surface area contributed by atoms with Gasteiger partial charge in [-0.2, -0.15) is 9.97 Å². The second-order valence-electron chi connectivity index (χ2n) is 22.1. The zero-order chi connectivity index (χ0) is 55.6. The molecule has 0 saturated carbocycles. The highest BCUT2D eigenvalue weighted by Gasteiger charge is 2.45. The molecule has 3 saturated heterocycles. The predicted octanol–water partition coefficient (Wildman–Crippen LogP) is 8.84. The minimum atomic E-state index is -0.926. The number of carbonyl (C=O) groups excluding carboxylic acids is 4. The summed E-state index contributed by atoms with van der Waals surface area (Å²) in [7, 11) is 0. The van der Waals surface area contributed by atoms with Gasteiger partial charge in [0.1, 0.15) is 35.3 Å². The maximum atomic E-state index is 17.2. The van der Waals surface area contributed by atoms with Crippen LogP contribution >= 0.6 is 22.9 Å².